The van der Waals surface area contributed by atoms with Gasteiger partial charge in [-0.25, -0.2) is 4.79 Å². The van der Waals surface area contributed by atoms with E-state index in [9.17, 15) is 4.79 Å². The van der Waals surface area contributed by atoms with Crippen LogP contribution >= 0.6 is 15.9 Å². The highest BCUT2D eigenvalue weighted by atomic mass is 79.9. The van der Waals surface area contributed by atoms with Gasteiger partial charge in [0.15, 0.2) is 0 Å². The maximum atomic E-state index is 10.6. The number of aliphatic carboxylic acids is 1. The van der Waals surface area contributed by atoms with E-state index < -0.39 is 5.97 Å². The highest BCUT2D eigenvalue weighted by Crippen LogP contribution is 2.23. The summed E-state index contributed by atoms with van der Waals surface area (Å²) in [5.74, 6) is -0.937. The molecule has 1 heterocycles. The molecule has 0 aliphatic rings. The molecule has 0 aliphatic heterocycles. The molecule has 1 aromatic heterocycles. The molecule has 3 nitrogen and oxygen atoms in total. The lowest BCUT2D eigenvalue weighted by atomic mass is 10.2. The second-order valence-electron chi connectivity index (χ2n) is 4.31. The molecule has 0 aliphatic carbocycles. The van der Waals surface area contributed by atoms with Gasteiger partial charge >= 0.3 is 5.97 Å². The third kappa shape index (κ3) is 2.96. The summed E-state index contributed by atoms with van der Waals surface area (Å²) in [4.78, 5) is 10.6. The summed E-state index contributed by atoms with van der Waals surface area (Å²) in [5, 5.41) is 8.69. The molecule has 0 bridgehead atoms. The summed E-state index contributed by atoms with van der Waals surface area (Å²) < 4.78 is 3.14. The van der Waals surface area contributed by atoms with Crippen molar-refractivity contribution in [1.29, 1.82) is 0 Å². The van der Waals surface area contributed by atoms with Crippen molar-refractivity contribution in [1.82, 2.24) is 4.57 Å². The lowest BCUT2D eigenvalue weighted by Gasteiger charge is -2.09. The second kappa shape index (κ2) is 5.45. The first-order chi connectivity index (χ1) is 8.99. The maximum absolute atomic E-state index is 10.6. The van der Waals surface area contributed by atoms with Crippen LogP contribution in [0.5, 0.6) is 0 Å². The number of aryl methyl sites for hydroxylation is 1. The van der Waals surface area contributed by atoms with Crippen LogP contribution in [0.1, 0.15) is 17.0 Å². The quantitative estimate of drug-likeness (QED) is 0.870. The van der Waals surface area contributed by atoms with Gasteiger partial charge in [0.1, 0.15) is 0 Å². The first kappa shape index (κ1) is 13.6. The molecule has 98 valence electrons. The van der Waals surface area contributed by atoms with Gasteiger partial charge in [-0.15, -0.1) is 0 Å². The maximum Gasteiger partial charge on any atom is 0.328 e. The van der Waals surface area contributed by atoms with Gasteiger partial charge in [0.25, 0.3) is 0 Å². The Bertz CT molecular complexity index is 639. The normalized spacial score (nSPS) is 11.1. The van der Waals surface area contributed by atoms with E-state index in [1.165, 1.54) is 0 Å². The van der Waals surface area contributed by atoms with Crippen LogP contribution < -0.4 is 0 Å². The standard InChI is InChI=1S/C15H14BrNO2/c1-10-9-12(3-8-15(18)19)11(2)17(10)14-6-4-13(16)5-7-14/h3-9H,1-2H3,(H,18,19). The number of halogens is 1. The zero-order chi connectivity index (χ0) is 14.0. The zero-order valence-corrected chi connectivity index (χ0v) is 12.3. The van der Waals surface area contributed by atoms with Crippen LogP contribution in [0.15, 0.2) is 40.9 Å². The highest BCUT2D eigenvalue weighted by molar-refractivity contribution is 9.10. The van der Waals surface area contributed by atoms with Crippen molar-refractivity contribution in [2.45, 2.75) is 13.8 Å². The molecule has 0 saturated carbocycles. The van der Waals surface area contributed by atoms with Gasteiger partial charge < -0.3 is 9.67 Å². The predicted molar refractivity (Wildman–Crippen MR) is 79.6 cm³/mol. The molecule has 19 heavy (non-hydrogen) atoms. The Morgan fingerprint density at radius 1 is 1.26 bits per heavy atom. The molecule has 4 heteroatoms. The van der Waals surface area contributed by atoms with Crippen molar-refractivity contribution >= 4 is 28.0 Å². The van der Waals surface area contributed by atoms with Crippen LogP contribution in [0.2, 0.25) is 0 Å². The Balaban J connectivity index is 2.47. The average Bonchev–Trinajstić information content (AvgIpc) is 2.63. The summed E-state index contributed by atoms with van der Waals surface area (Å²) in [6.07, 6.45) is 2.79. The molecule has 1 aromatic carbocycles. The number of carboxylic acid groups (broad SMARTS) is 1. The fourth-order valence-electron chi connectivity index (χ4n) is 2.10. The van der Waals surface area contributed by atoms with Gasteiger partial charge in [-0.2, -0.15) is 0 Å². The fraction of sp³-hybridized carbons (Fsp3) is 0.133. The number of nitrogens with zero attached hydrogens (tertiary/aromatic N) is 1. The minimum absolute atomic E-state index is 0.919. The number of hydrogen-bond donors (Lipinski definition) is 1. The number of rotatable bonds is 3. The summed E-state index contributed by atoms with van der Waals surface area (Å²) in [5.41, 5.74) is 4.08. The van der Waals surface area contributed by atoms with Gasteiger partial charge in [0.05, 0.1) is 0 Å². The third-order valence-corrected chi connectivity index (χ3v) is 3.49. The predicted octanol–water partition coefficient (Wildman–Crippen LogP) is 3.95. The Morgan fingerprint density at radius 3 is 2.47 bits per heavy atom. The minimum atomic E-state index is -0.937. The number of aromatic nitrogens is 1. The van der Waals surface area contributed by atoms with E-state index >= 15 is 0 Å². The van der Waals surface area contributed by atoms with Crippen molar-refractivity contribution in [2.24, 2.45) is 0 Å². The first-order valence-electron chi connectivity index (χ1n) is 5.85. The van der Waals surface area contributed by atoms with Gasteiger partial charge in [0, 0.05) is 27.6 Å². The third-order valence-electron chi connectivity index (χ3n) is 2.96. The number of hydrogen-bond acceptors (Lipinski definition) is 1. The van der Waals surface area contributed by atoms with E-state index in [1.807, 2.05) is 44.2 Å². The van der Waals surface area contributed by atoms with Crippen molar-refractivity contribution in [3.8, 4) is 5.69 Å². The lowest BCUT2D eigenvalue weighted by molar-refractivity contribution is -0.131. The Hall–Kier alpha value is -1.81. The SMILES string of the molecule is Cc1cc(C=CC(=O)O)c(C)n1-c1ccc(Br)cc1. The van der Waals surface area contributed by atoms with E-state index in [-0.39, 0.29) is 0 Å². The van der Waals surface area contributed by atoms with Crippen LogP contribution in [0.25, 0.3) is 11.8 Å². The lowest BCUT2D eigenvalue weighted by Crippen LogP contribution is -1.98. The van der Waals surface area contributed by atoms with E-state index in [0.29, 0.717) is 0 Å². The summed E-state index contributed by atoms with van der Waals surface area (Å²) >= 11 is 3.42. The molecule has 0 saturated heterocycles. The Labute approximate surface area is 120 Å². The molecule has 0 radical (unpaired) electrons. The van der Waals surface area contributed by atoms with Crippen molar-refractivity contribution < 1.29 is 9.90 Å². The number of benzene rings is 1. The molecule has 0 spiro atoms. The van der Waals surface area contributed by atoms with Crippen molar-refractivity contribution in [2.75, 3.05) is 0 Å². The Kier molecular flexibility index (Phi) is 3.90. The Morgan fingerprint density at radius 2 is 1.89 bits per heavy atom. The monoisotopic (exact) mass is 319 g/mol. The fourth-order valence-corrected chi connectivity index (χ4v) is 2.37. The molecular formula is C15H14BrNO2. The summed E-state index contributed by atoms with van der Waals surface area (Å²) in [6, 6.07) is 10.0. The molecule has 2 rings (SSSR count). The molecular weight excluding hydrogens is 306 g/mol. The zero-order valence-electron chi connectivity index (χ0n) is 10.7. The van der Waals surface area contributed by atoms with E-state index in [1.54, 1.807) is 6.08 Å². The first-order valence-corrected chi connectivity index (χ1v) is 6.64. The van der Waals surface area contributed by atoms with Crippen LogP contribution in [0.3, 0.4) is 0 Å². The minimum Gasteiger partial charge on any atom is -0.478 e. The van der Waals surface area contributed by atoms with E-state index in [2.05, 4.69) is 20.5 Å². The molecule has 1 N–H and O–H groups in total. The van der Waals surface area contributed by atoms with Gasteiger partial charge in [-0.3, -0.25) is 0 Å². The van der Waals surface area contributed by atoms with Gasteiger partial charge in [-0.05, 0) is 55.8 Å². The van der Waals surface area contributed by atoms with Gasteiger partial charge in [-0.1, -0.05) is 15.9 Å². The van der Waals surface area contributed by atoms with Crippen LogP contribution in [-0.4, -0.2) is 15.6 Å². The number of carboxylic acids is 1. The summed E-state index contributed by atoms with van der Waals surface area (Å²) in [6.45, 7) is 3.99. The smallest absolute Gasteiger partial charge is 0.328 e. The van der Waals surface area contributed by atoms with Crippen LogP contribution in [0, 0.1) is 13.8 Å². The topological polar surface area (TPSA) is 42.2 Å². The van der Waals surface area contributed by atoms with Gasteiger partial charge in [0.2, 0.25) is 0 Å². The summed E-state index contributed by atoms with van der Waals surface area (Å²) in [7, 11) is 0. The van der Waals surface area contributed by atoms with Crippen LogP contribution in [-0.2, 0) is 4.79 Å². The largest absolute Gasteiger partial charge is 0.478 e. The molecule has 0 amide bonds. The molecule has 0 unspecified atom stereocenters. The average molecular weight is 320 g/mol. The molecule has 0 fully saturated rings. The number of carbonyl (C=O) groups is 1. The van der Waals surface area contributed by atoms with Crippen molar-refractivity contribution in [3.63, 3.8) is 0 Å². The molecule has 0 atom stereocenters. The van der Waals surface area contributed by atoms with Crippen LogP contribution in [0.4, 0.5) is 0 Å². The second-order valence-corrected chi connectivity index (χ2v) is 5.23. The van der Waals surface area contributed by atoms with Crippen molar-refractivity contribution in [3.05, 3.63) is 57.8 Å². The molecule has 2 aromatic rings. The highest BCUT2D eigenvalue weighted by Gasteiger charge is 2.08. The van der Waals surface area contributed by atoms with E-state index in [4.69, 9.17) is 5.11 Å². The van der Waals surface area contributed by atoms with E-state index in [0.717, 1.165) is 33.2 Å².